The molecule has 0 atom stereocenters. The number of rotatable bonds is 2. The quantitative estimate of drug-likeness (QED) is 0.846. The average molecular weight is 277 g/mol. The lowest BCUT2D eigenvalue weighted by molar-refractivity contribution is 0.775. The van der Waals surface area contributed by atoms with Crippen molar-refractivity contribution in [3.05, 3.63) is 59.7 Å². The van der Waals surface area contributed by atoms with Gasteiger partial charge in [0.1, 0.15) is 6.34 Å². The van der Waals surface area contributed by atoms with Crippen LogP contribution in [0.5, 0.6) is 0 Å². The Morgan fingerprint density at radius 1 is 1.24 bits per heavy atom. The van der Waals surface area contributed by atoms with E-state index in [1.165, 1.54) is 11.1 Å². The number of aryl methyl sites for hydroxylation is 1. The normalized spacial score (nSPS) is 16.0. The molecule has 2 aliphatic rings. The van der Waals surface area contributed by atoms with Crippen molar-refractivity contribution in [1.29, 1.82) is 0 Å². The molecule has 0 fully saturated rings. The molecule has 4 rings (SSSR count). The zero-order chi connectivity index (χ0) is 14.4. The molecule has 0 aliphatic carbocycles. The number of aromatic nitrogens is 2. The maximum absolute atomic E-state index is 4.52. The van der Waals surface area contributed by atoms with Crippen LogP contribution >= 0.6 is 0 Å². The highest BCUT2D eigenvalue weighted by Crippen LogP contribution is 2.28. The number of amidine groups is 1. The van der Waals surface area contributed by atoms with Gasteiger partial charge in [0, 0.05) is 5.70 Å². The molecule has 0 spiro atoms. The van der Waals surface area contributed by atoms with E-state index in [4.69, 9.17) is 0 Å². The molecule has 21 heavy (non-hydrogen) atoms. The van der Waals surface area contributed by atoms with Crippen LogP contribution in [0.15, 0.2) is 52.9 Å². The number of nitrogens with zero attached hydrogens (tertiary/aromatic N) is 5. The SMILES string of the molecule is C=C1CN=C2c3ncn(Cc4ccc(C)cc4)c3N=CN12. The van der Waals surface area contributed by atoms with Gasteiger partial charge in [-0.2, -0.15) is 0 Å². The minimum Gasteiger partial charge on any atom is -0.311 e. The van der Waals surface area contributed by atoms with E-state index in [-0.39, 0.29) is 0 Å². The van der Waals surface area contributed by atoms with Crippen molar-refractivity contribution in [3.8, 4) is 0 Å². The molecule has 2 aromatic rings. The van der Waals surface area contributed by atoms with Gasteiger partial charge in [-0.05, 0) is 12.5 Å². The van der Waals surface area contributed by atoms with E-state index in [0.717, 1.165) is 29.6 Å². The van der Waals surface area contributed by atoms with Crippen LogP contribution in [-0.4, -0.2) is 33.2 Å². The topological polar surface area (TPSA) is 45.8 Å². The van der Waals surface area contributed by atoms with Crippen LogP contribution in [0, 0.1) is 6.92 Å². The van der Waals surface area contributed by atoms with Gasteiger partial charge in [-0.25, -0.2) is 9.98 Å². The first-order chi connectivity index (χ1) is 10.2. The van der Waals surface area contributed by atoms with Gasteiger partial charge in [0.25, 0.3) is 0 Å². The van der Waals surface area contributed by atoms with E-state index in [9.17, 15) is 0 Å². The second-order valence-electron chi connectivity index (χ2n) is 5.35. The first-order valence-electron chi connectivity index (χ1n) is 6.89. The molecule has 0 amide bonds. The molecular weight excluding hydrogens is 262 g/mol. The van der Waals surface area contributed by atoms with Crippen molar-refractivity contribution in [1.82, 2.24) is 14.5 Å². The van der Waals surface area contributed by atoms with Crippen molar-refractivity contribution in [3.63, 3.8) is 0 Å². The highest BCUT2D eigenvalue weighted by atomic mass is 15.3. The summed E-state index contributed by atoms with van der Waals surface area (Å²) in [7, 11) is 0. The van der Waals surface area contributed by atoms with E-state index in [1.807, 2.05) is 11.2 Å². The van der Waals surface area contributed by atoms with Crippen LogP contribution in [0.3, 0.4) is 0 Å². The second kappa shape index (κ2) is 4.41. The molecule has 3 heterocycles. The maximum Gasteiger partial charge on any atom is 0.165 e. The zero-order valence-electron chi connectivity index (χ0n) is 11.8. The number of aliphatic imine (C=N–C) groups is 2. The van der Waals surface area contributed by atoms with Gasteiger partial charge in [0.15, 0.2) is 17.3 Å². The van der Waals surface area contributed by atoms with Crippen molar-refractivity contribution in [2.45, 2.75) is 13.5 Å². The number of hydrogen-bond donors (Lipinski definition) is 0. The molecule has 1 aromatic carbocycles. The third-order valence-corrected chi connectivity index (χ3v) is 3.77. The van der Waals surface area contributed by atoms with E-state index >= 15 is 0 Å². The summed E-state index contributed by atoms with van der Waals surface area (Å²) in [5.41, 5.74) is 4.27. The van der Waals surface area contributed by atoms with Crippen LogP contribution < -0.4 is 0 Å². The van der Waals surface area contributed by atoms with Crippen molar-refractivity contribution >= 4 is 18.0 Å². The summed E-state index contributed by atoms with van der Waals surface area (Å²) in [5, 5.41) is 0. The van der Waals surface area contributed by atoms with Gasteiger partial charge >= 0.3 is 0 Å². The van der Waals surface area contributed by atoms with E-state index in [2.05, 4.69) is 57.3 Å². The van der Waals surface area contributed by atoms with E-state index < -0.39 is 0 Å². The van der Waals surface area contributed by atoms with Gasteiger partial charge in [0.05, 0.1) is 19.4 Å². The molecule has 0 saturated heterocycles. The van der Waals surface area contributed by atoms with E-state index in [0.29, 0.717) is 6.54 Å². The molecule has 0 unspecified atom stereocenters. The maximum atomic E-state index is 4.52. The van der Waals surface area contributed by atoms with Crippen LogP contribution in [0.25, 0.3) is 0 Å². The predicted octanol–water partition coefficient (Wildman–Crippen LogP) is 2.49. The minimum atomic E-state index is 0.617. The molecular formula is C16H15N5. The summed E-state index contributed by atoms with van der Waals surface area (Å²) >= 11 is 0. The predicted molar refractivity (Wildman–Crippen MR) is 83.0 cm³/mol. The highest BCUT2D eigenvalue weighted by molar-refractivity contribution is 6.11. The summed E-state index contributed by atoms with van der Waals surface area (Å²) in [5.74, 6) is 1.72. The Hall–Kier alpha value is -2.69. The van der Waals surface area contributed by atoms with E-state index in [1.54, 1.807) is 6.34 Å². The molecule has 1 aromatic heterocycles. The van der Waals surface area contributed by atoms with Crippen LogP contribution in [-0.2, 0) is 6.54 Å². The summed E-state index contributed by atoms with van der Waals surface area (Å²) in [6.07, 6.45) is 3.61. The first kappa shape index (κ1) is 12.1. The lowest BCUT2D eigenvalue weighted by atomic mass is 10.1. The summed E-state index contributed by atoms with van der Waals surface area (Å²) in [4.78, 5) is 15.4. The number of hydrogen-bond acceptors (Lipinski definition) is 4. The van der Waals surface area contributed by atoms with Gasteiger partial charge in [-0.3, -0.25) is 9.89 Å². The van der Waals surface area contributed by atoms with Crippen molar-refractivity contribution < 1.29 is 0 Å². The Morgan fingerprint density at radius 3 is 2.86 bits per heavy atom. The van der Waals surface area contributed by atoms with Crippen molar-refractivity contribution in [2.24, 2.45) is 9.98 Å². The fourth-order valence-corrected chi connectivity index (χ4v) is 2.58. The van der Waals surface area contributed by atoms with Crippen LogP contribution in [0.4, 0.5) is 5.82 Å². The number of benzene rings is 1. The lowest BCUT2D eigenvalue weighted by Gasteiger charge is -2.19. The number of imidazole rings is 1. The summed E-state index contributed by atoms with van der Waals surface area (Å²) in [6.45, 7) is 7.44. The van der Waals surface area contributed by atoms with Gasteiger partial charge in [-0.1, -0.05) is 36.4 Å². The van der Waals surface area contributed by atoms with Gasteiger partial charge < -0.3 is 4.57 Å². The minimum absolute atomic E-state index is 0.617. The fraction of sp³-hybridized carbons (Fsp3) is 0.188. The molecule has 0 saturated carbocycles. The standard InChI is InChI=1S/C16H15N5/c1-11-3-5-13(6-4-11)8-20-9-18-14-15(20)19-10-21-12(2)7-17-16(14)21/h3-6,9-10H,2,7-8H2,1H3. The highest BCUT2D eigenvalue weighted by Gasteiger charge is 2.29. The third-order valence-electron chi connectivity index (χ3n) is 3.77. The van der Waals surface area contributed by atoms with Gasteiger partial charge in [0.2, 0.25) is 0 Å². The van der Waals surface area contributed by atoms with Crippen LogP contribution in [0.2, 0.25) is 0 Å². The Balaban J connectivity index is 1.69. The average Bonchev–Trinajstić information content (AvgIpc) is 3.06. The fourth-order valence-electron chi connectivity index (χ4n) is 2.58. The summed E-state index contributed by atoms with van der Waals surface area (Å²) in [6, 6.07) is 8.51. The Kier molecular flexibility index (Phi) is 2.54. The smallest absolute Gasteiger partial charge is 0.165 e. The molecule has 5 heteroatoms. The molecule has 5 nitrogen and oxygen atoms in total. The second-order valence-corrected chi connectivity index (χ2v) is 5.35. The van der Waals surface area contributed by atoms with Crippen molar-refractivity contribution in [2.75, 3.05) is 6.54 Å². The molecule has 104 valence electrons. The Labute approximate surface area is 123 Å². The molecule has 2 aliphatic heterocycles. The Morgan fingerprint density at radius 2 is 2.05 bits per heavy atom. The first-order valence-corrected chi connectivity index (χ1v) is 6.89. The zero-order valence-corrected chi connectivity index (χ0v) is 11.8. The largest absolute Gasteiger partial charge is 0.311 e. The molecule has 0 radical (unpaired) electrons. The molecule has 0 N–H and O–H groups in total. The summed E-state index contributed by atoms with van der Waals surface area (Å²) < 4.78 is 2.05. The lowest BCUT2D eigenvalue weighted by Crippen LogP contribution is -2.28. The Bertz CT molecular complexity index is 779. The van der Waals surface area contributed by atoms with Crippen LogP contribution in [0.1, 0.15) is 16.8 Å². The third kappa shape index (κ3) is 1.89. The van der Waals surface area contributed by atoms with Gasteiger partial charge in [-0.15, -0.1) is 0 Å². The molecule has 0 bridgehead atoms. The monoisotopic (exact) mass is 277 g/mol. The number of fused-ring (bicyclic) bond motifs is 3.